The Labute approximate surface area is 118 Å². The number of pyridine rings is 1. The van der Waals surface area contributed by atoms with Crippen LogP contribution in [0.5, 0.6) is 5.75 Å². The maximum absolute atomic E-state index is 9.97. The molecule has 1 aromatic heterocycles. The van der Waals surface area contributed by atoms with Crippen molar-refractivity contribution in [2.75, 3.05) is 5.32 Å². The van der Waals surface area contributed by atoms with E-state index in [1.807, 2.05) is 25.1 Å². The van der Waals surface area contributed by atoms with E-state index >= 15 is 0 Å². The Morgan fingerprint density at radius 1 is 1.35 bits per heavy atom. The molecule has 2 heterocycles. The van der Waals surface area contributed by atoms with Gasteiger partial charge in [-0.3, -0.25) is 5.32 Å². The summed E-state index contributed by atoms with van der Waals surface area (Å²) in [5.74, 6) is 1.22. The maximum Gasteiger partial charge on any atom is 0.132 e. The van der Waals surface area contributed by atoms with Gasteiger partial charge in [0, 0.05) is 23.4 Å². The number of nitrogens with one attached hydrogen (secondary N) is 2. The fourth-order valence-electron chi connectivity index (χ4n) is 2.71. The van der Waals surface area contributed by atoms with Gasteiger partial charge in [0.25, 0.3) is 0 Å². The van der Waals surface area contributed by atoms with Crippen LogP contribution in [0.4, 0.5) is 5.82 Å². The van der Waals surface area contributed by atoms with Crippen LogP contribution < -0.4 is 10.6 Å². The van der Waals surface area contributed by atoms with Crippen molar-refractivity contribution in [3.05, 3.63) is 52.7 Å². The Hall–Kier alpha value is -2.07. The van der Waals surface area contributed by atoms with Crippen molar-refractivity contribution in [2.24, 2.45) is 0 Å². The predicted molar refractivity (Wildman–Crippen MR) is 79.7 cm³/mol. The third-order valence-corrected chi connectivity index (χ3v) is 3.74. The molecule has 1 atom stereocenters. The van der Waals surface area contributed by atoms with Crippen molar-refractivity contribution in [1.82, 2.24) is 10.3 Å². The highest BCUT2D eigenvalue weighted by Gasteiger charge is 2.23. The number of anilines is 1. The minimum absolute atomic E-state index is 0.109. The van der Waals surface area contributed by atoms with Gasteiger partial charge in [0.15, 0.2) is 0 Å². The summed E-state index contributed by atoms with van der Waals surface area (Å²) in [4.78, 5) is 4.59. The molecule has 2 aromatic rings. The van der Waals surface area contributed by atoms with E-state index in [0.717, 1.165) is 30.0 Å². The Morgan fingerprint density at radius 3 is 2.90 bits per heavy atom. The first-order valence-corrected chi connectivity index (χ1v) is 6.96. The van der Waals surface area contributed by atoms with Crippen LogP contribution in [0.1, 0.15) is 35.5 Å². The number of aryl methyl sites for hydroxylation is 2. The molecule has 0 saturated heterocycles. The number of aromatic nitrogens is 1. The monoisotopic (exact) mass is 269 g/mol. The molecule has 0 spiro atoms. The zero-order chi connectivity index (χ0) is 14.1. The normalized spacial score (nSPS) is 17.4. The van der Waals surface area contributed by atoms with E-state index < -0.39 is 0 Å². The number of hydrogen-bond donors (Lipinski definition) is 3. The highest BCUT2D eigenvalue weighted by atomic mass is 16.3. The lowest BCUT2D eigenvalue weighted by Crippen LogP contribution is -2.34. The van der Waals surface area contributed by atoms with Gasteiger partial charge in [-0.15, -0.1) is 0 Å². The summed E-state index contributed by atoms with van der Waals surface area (Å²) in [6.07, 6.45) is 0.888. The molecule has 3 N–H and O–H groups in total. The van der Waals surface area contributed by atoms with E-state index in [1.165, 1.54) is 11.1 Å². The van der Waals surface area contributed by atoms with Gasteiger partial charge in [-0.1, -0.05) is 25.1 Å². The van der Waals surface area contributed by atoms with Crippen LogP contribution in [0.2, 0.25) is 0 Å². The highest BCUT2D eigenvalue weighted by molar-refractivity contribution is 5.54. The second-order valence-corrected chi connectivity index (χ2v) is 5.12. The van der Waals surface area contributed by atoms with Crippen LogP contribution in [0.25, 0.3) is 0 Å². The van der Waals surface area contributed by atoms with Gasteiger partial charge >= 0.3 is 0 Å². The molecule has 3 rings (SSSR count). The van der Waals surface area contributed by atoms with Crippen molar-refractivity contribution in [3.63, 3.8) is 0 Å². The fraction of sp³-hybridized carbons (Fsp3) is 0.312. The second kappa shape index (κ2) is 5.13. The number of phenolic OH excluding ortho intramolecular Hbond substituents is 1. The first-order valence-electron chi connectivity index (χ1n) is 6.96. The van der Waals surface area contributed by atoms with Crippen LogP contribution in [0.3, 0.4) is 0 Å². The number of hydrogen-bond acceptors (Lipinski definition) is 4. The predicted octanol–water partition coefficient (Wildman–Crippen LogP) is 2.87. The average molecular weight is 269 g/mol. The quantitative estimate of drug-likeness (QED) is 0.784. The van der Waals surface area contributed by atoms with E-state index in [2.05, 4.69) is 28.6 Å². The molecule has 4 heteroatoms. The number of fused-ring (bicyclic) bond motifs is 1. The molecule has 0 fully saturated rings. The zero-order valence-corrected chi connectivity index (χ0v) is 11.8. The molecule has 1 aliphatic rings. The van der Waals surface area contributed by atoms with Crippen LogP contribution in [-0.4, -0.2) is 10.1 Å². The summed E-state index contributed by atoms with van der Waals surface area (Å²) in [6, 6.07) is 9.52. The lowest BCUT2D eigenvalue weighted by molar-refractivity contribution is 0.451. The van der Waals surface area contributed by atoms with Gasteiger partial charge < -0.3 is 10.4 Å². The molecule has 0 amide bonds. The molecular formula is C16H19N3O. The summed E-state index contributed by atoms with van der Waals surface area (Å²) in [6.45, 7) is 4.93. The van der Waals surface area contributed by atoms with Gasteiger partial charge in [-0.05, 0) is 31.0 Å². The van der Waals surface area contributed by atoms with Gasteiger partial charge in [-0.25, -0.2) is 4.98 Å². The molecule has 20 heavy (non-hydrogen) atoms. The van der Waals surface area contributed by atoms with Crippen LogP contribution in [-0.2, 0) is 13.0 Å². The third-order valence-electron chi connectivity index (χ3n) is 3.74. The topological polar surface area (TPSA) is 57.2 Å². The largest absolute Gasteiger partial charge is 0.508 e. The van der Waals surface area contributed by atoms with Crippen LogP contribution in [0.15, 0.2) is 30.3 Å². The average Bonchev–Trinajstić information content (AvgIpc) is 2.46. The standard InChI is InChI=1S/C16H19N3O/c1-3-11-8-10(2)18-16-13(11)9-17-15(19-16)12-6-4-5-7-14(12)20/h4-8,15,17,20H,3,9H2,1-2H3,(H,18,19). The lowest BCUT2D eigenvalue weighted by Gasteiger charge is -2.29. The molecule has 0 saturated carbocycles. The first-order chi connectivity index (χ1) is 9.69. The molecule has 1 unspecified atom stereocenters. The summed E-state index contributed by atoms with van der Waals surface area (Å²) in [7, 11) is 0. The Balaban J connectivity index is 1.96. The van der Waals surface area contributed by atoms with E-state index in [4.69, 9.17) is 0 Å². The summed E-state index contributed by atoms with van der Waals surface area (Å²) in [5, 5.41) is 16.8. The van der Waals surface area contributed by atoms with Crippen molar-refractivity contribution >= 4 is 5.82 Å². The molecule has 1 aromatic carbocycles. The van der Waals surface area contributed by atoms with Crippen molar-refractivity contribution in [3.8, 4) is 5.75 Å². The van der Waals surface area contributed by atoms with Gasteiger partial charge in [-0.2, -0.15) is 0 Å². The highest BCUT2D eigenvalue weighted by Crippen LogP contribution is 2.31. The number of aromatic hydroxyl groups is 1. The molecule has 1 aliphatic heterocycles. The number of benzene rings is 1. The lowest BCUT2D eigenvalue weighted by atomic mass is 10.0. The number of rotatable bonds is 2. The SMILES string of the molecule is CCc1cc(C)nc2c1CNC(c1ccccc1O)N2. The number of phenols is 1. The summed E-state index contributed by atoms with van der Waals surface area (Å²) < 4.78 is 0. The van der Waals surface area contributed by atoms with Gasteiger partial charge in [0.2, 0.25) is 0 Å². The van der Waals surface area contributed by atoms with Gasteiger partial charge in [0.05, 0.1) is 0 Å². The Morgan fingerprint density at radius 2 is 2.15 bits per heavy atom. The van der Waals surface area contributed by atoms with E-state index in [-0.39, 0.29) is 6.17 Å². The Kier molecular flexibility index (Phi) is 3.32. The minimum atomic E-state index is -0.109. The number of para-hydroxylation sites is 1. The molecule has 0 bridgehead atoms. The van der Waals surface area contributed by atoms with E-state index in [9.17, 15) is 5.11 Å². The van der Waals surface area contributed by atoms with E-state index in [0.29, 0.717) is 5.75 Å². The van der Waals surface area contributed by atoms with Crippen LogP contribution >= 0.6 is 0 Å². The molecular weight excluding hydrogens is 250 g/mol. The van der Waals surface area contributed by atoms with Crippen LogP contribution in [0, 0.1) is 6.92 Å². The first kappa shape index (κ1) is 12.9. The maximum atomic E-state index is 9.97. The van der Waals surface area contributed by atoms with Crippen molar-refractivity contribution in [2.45, 2.75) is 33.0 Å². The zero-order valence-electron chi connectivity index (χ0n) is 11.8. The Bertz CT molecular complexity index is 640. The van der Waals surface area contributed by atoms with Gasteiger partial charge in [0.1, 0.15) is 17.7 Å². The summed E-state index contributed by atoms with van der Waals surface area (Å²) >= 11 is 0. The van der Waals surface area contributed by atoms with E-state index in [1.54, 1.807) is 6.07 Å². The molecule has 104 valence electrons. The number of nitrogens with zero attached hydrogens (tertiary/aromatic N) is 1. The fourth-order valence-corrected chi connectivity index (χ4v) is 2.71. The second-order valence-electron chi connectivity index (χ2n) is 5.12. The smallest absolute Gasteiger partial charge is 0.132 e. The van der Waals surface area contributed by atoms with Crippen molar-refractivity contribution < 1.29 is 5.11 Å². The minimum Gasteiger partial charge on any atom is -0.508 e. The van der Waals surface area contributed by atoms with Crippen molar-refractivity contribution in [1.29, 1.82) is 0 Å². The third kappa shape index (κ3) is 2.23. The molecule has 0 aliphatic carbocycles. The molecule has 0 radical (unpaired) electrons. The summed E-state index contributed by atoms with van der Waals surface area (Å²) in [5.41, 5.74) is 4.42. The molecule has 4 nitrogen and oxygen atoms in total.